The van der Waals surface area contributed by atoms with Crippen molar-refractivity contribution in [3.05, 3.63) is 23.9 Å². The zero-order chi connectivity index (χ0) is 12.3. The van der Waals surface area contributed by atoms with Crippen molar-refractivity contribution >= 4 is 5.82 Å². The number of hydrogen-bond acceptors (Lipinski definition) is 4. The van der Waals surface area contributed by atoms with Crippen LogP contribution in [0.25, 0.3) is 0 Å². The van der Waals surface area contributed by atoms with Crippen LogP contribution in [0.4, 0.5) is 5.82 Å². The molecule has 0 saturated carbocycles. The van der Waals surface area contributed by atoms with Crippen molar-refractivity contribution in [3.8, 4) is 0 Å². The van der Waals surface area contributed by atoms with Crippen molar-refractivity contribution in [2.45, 2.75) is 31.8 Å². The minimum Gasteiger partial charge on any atom is -0.381 e. The van der Waals surface area contributed by atoms with E-state index in [1.807, 2.05) is 19.2 Å². The van der Waals surface area contributed by atoms with E-state index in [2.05, 4.69) is 23.0 Å². The molecule has 0 radical (unpaired) electrons. The molecule has 0 aliphatic carbocycles. The summed E-state index contributed by atoms with van der Waals surface area (Å²) in [5.41, 5.74) is 6.89. The predicted octanol–water partition coefficient (Wildman–Crippen LogP) is 1.72. The second kappa shape index (κ2) is 5.47. The third-order valence-electron chi connectivity index (χ3n) is 3.40. The Kier molecular flexibility index (Phi) is 3.97. The van der Waals surface area contributed by atoms with Crippen molar-refractivity contribution < 1.29 is 4.74 Å². The quantitative estimate of drug-likeness (QED) is 0.866. The highest BCUT2D eigenvalue weighted by Crippen LogP contribution is 2.20. The first-order valence-electron chi connectivity index (χ1n) is 6.20. The average molecular weight is 235 g/mol. The summed E-state index contributed by atoms with van der Waals surface area (Å²) in [7, 11) is 2.10. The second-order valence-electron chi connectivity index (χ2n) is 4.69. The van der Waals surface area contributed by atoms with Crippen molar-refractivity contribution in [1.29, 1.82) is 0 Å². The Morgan fingerprint density at radius 2 is 2.12 bits per heavy atom. The summed E-state index contributed by atoms with van der Waals surface area (Å²) >= 11 is 0. The minimum absolute atomic E-state index is 0.0462. The molecule has 0 aromatic carbocycles. The monoisotopic (exact) mass is 235 g/mol. The maximum atomic E-state index is 5.81. The van der Waals surface area contributed by atoms with E-state index in [-0.39, 0.29) is 6.04 Å². The average Bonchev–Trinajstić information content (AvgIpc) is 2.39. The molecule has 4 heteroatoms. The fraction of sp³-hybridized carbons (Fsp3) is 0.615. The molecular weight excluding hydrogens is 214 g/mol. The van der Waals surface area contributed by atoms with Crippen LogP contribution < -0.4 is 10.6 Å². The second-order valence-corrected chi connectivity index (χ2v) is 4.69. The Labute approximate surface area is 103 Å². The fourth-order valence-corrected chi connectivity index (χ4v) is 2.13. The number of nitrogens with zero attached hydrogens (tertiary/aromatic N) is 2. The standard InChI is InChI=1S/C13H21N3O/c1-10(14)11-3-4-13(15-9-11)16(2)12-5-7-17-8-6-12/h3-4,9-10,12H,5-8,14H2,1-2H3. The summed E-state index contributed by atoms with van der Waals surface area (Å²) in [5, 5.41) is 0. The molecule has 2 N–H and O–H groups in total. The first kappa shape index (κ1) is 12.3. The summed E-state index contributed by atoms with van der Waals surface area (Å²) in [6, 6.07) is 4.69. The molecule has 1 fully saturated rings. The number of anilines is 1. The van der Waals surface area contributed by atoms with Gasteiger partial charge in [0, 0.05) is 38.5 Å². The van der Waals surface area contributed by atoms with E-state index in [1.165, 1.54) is 0 Å². The van der Waals surface area contributed by atoms with Crippen LogP contribution >= 0.6 is 0 Å². The Bertz CT molecular complexity index is 344. The van der Waals surface area contributed by atoms with Crippen LogP contribution in [-0.2, 0) is 4.74 Å². The van der Waals surface area contributed by atoms with E-state index in [1.54, 1.807) is 0 Å². The molecule has 1 atom stereocenters. The molecule has 2 heterocycles. The topological polar surface area (TPSA) is 51.4 Å². The van der Waals surface area contributed by atoms with Gasteiger partial charge in [-0.1, -0.05) is 6.07 Å². The molecule has 1 aromatic rings. The van der Waals surface area contributed by atoms with Gasteiger partial charge in [-0.25, -0.2) is 4.98 Å². The smallest absolute Gasteiger partial charge is 0.128 e. The van der Waals surface area contributed by atoms with Gasteiger partial charge in [0.1, 0.15) is 5.82 Å². The summed E-state index contributed by atoms with van der Waals surface area (Å²) < 4.78 is 5.37. The third-order valence-corrected chi connectivity index (χ3v) is 3.40. The van der Waals surface area contributed by atoms with Crippen molar-refractivity contribution in [1.82, 2.24) is 4.98 Å². The van der Waals surface area contributed by atoms with Crippen LogP contribution in [0.3, 0.4) is 0 Å². The molecule has 4 nitrogen and oxygen atoms in total. The summed E-state index contributed by atoms with van der Waals surface area (Å²) in [5.74, 6) is 1.02. The fourth-order valence-electron chi connectivity index (χ4n) is 2.13. The Morgan fingerprint density at radius 3 is 2.65 bits per heavy atom. The lowest BCUT2D eigenvalue weighted by molar-refractivity contribution is 0.0853. The molecule has 1 aliphatic heterocycles. The largest absolute Gasteiger partial charge is 0.381 e. The van der Waals surface area contributed by atoms with E-state index in [0.717, 1.165) is 37.4 Å². The molecule has 0 amide bonds. The number of pyridine rings is 1. The van der Waals surface area contributed by atoms with Gasteiger partial charge in [0.2, 0.25) is 0 Å². The molecule has 0 spiro atoms. The van der Waals surface area contributed by atoms with Gasteiger partial charge in [-0.05, 0) is 31.4 Å². The van der Waals surface area contributed by atoms with Crippen molar-refractivity contribution in [2.24, 2.45) is 5.73 Å². The number of hydrogen-bond donors (Lipinski definition) is 1. The lowest BCUT2D eigenvalue weighted by atomic mass is 10.1. The zero-order valence-electron chi connectivity index (χ0n) is 10.6. The van der Waals surface area contributed by atoms with Gasteiger partial charge < -0.3 is 15.4 Å². The molecule has 2 rings (SSSR count). The molecule has 1 aliphatic rings. The highest BCUT2D eigenvalue weighted by molar-refractivity contribution is 5.40. The number of nitrogens with two attached hydrogens (primary N) is 1. The highest BCUT2D eigenvalue weighted by Gasteiger charge is 2.19. The van der Waals surface area contributed by atoms with Crippen LogP contribution in [0.15, 0.2) is 18.3 Å². The summed E-state index contributed by atoms with van der Waals surface area (Å²) in [4.78, 5) is 6.72. The lowest BCUT2D eigenvalue weighted by Gasteiger charge is -2.32. The van der Waals surface area contributed by atoms with E-state index in [4.69, 9.17) is 10.5 Å². The molecule has 1 unspecified atom stereocenters. The van der Waals surface area contributed by atoms with Crippen LogP contribution in [0.5, 0.6) is 0 Å². The van der Waals surface area contributed by atoms with Crippen molar-refractivity contribution in [2.75, 3.05) is 25.2 Å². The molecule has 1 aromatic heterocycles. The van der Waals surface area contributed by atoms with Gasteiger partial charge in [-0.3, -0.25) is 0 Å². The van der Waals surface area contributed by atoms with E-state index >= 15 is 0 Å². The van der Waals surface area contributed by atoms with Crippen molar-refractivity contribution in [3.63, 3.8) is 0 Å². The van der Waals surface area contributed by atoms with Crippen LogP contribution in [0, 0.1) is 0 Å². The molecule has 17 heavy (non-hydrogen) atoms. The summed E-state index contributed by atoms with van der Waals surface area (Å²) in [6.07, 6.45) is 4.02. The zero-order valence-corrected chi connectivity index (χ0v) is 10.6. The molecule has 1 saturated heterocycles. The predicted molar refractivity (Wildman–Crippen MR) is 69.1 cm³/mol. The lowest BCUT2D eigenvalue weighted by Crippen LogP contribution is -2.37. The van der Waals surface area contributed by atoms with Gasteiger partial charge >= 0.3 is 0 Å². The maximum absolute atomic E-state index is 5.81. The van der Waals surface area contributed by atoms with E-state index < -0.39 is 0 Å². The molecule has 94 valence electrons. The molecule has 0 bridgehead atoms. The number of ether oxygens (including phenoxy) is 1. The van der Waals surface area contributed by atoms with Gasteiger partial charge in [-0.15, -0.1) is 0 Å². The first-order valence-corrected chi connectivity index (χ1v) is 6.20. The van der Waals surface area contributed by atoms with Gasteiger partial charge in [0.05, 0.1) is 0 Å². The minimum atomic E-state index is 0.0462. The highest BCUT2D eigenvalue weighted by atomic mass is 16.5. The molecular formula is C13H21N3O. The van der Waals surface area contributed by atoms with Gasteiger partial charge in [0.25, 0.3) is 0 Å². The normalized spacial score (nSPS) is 19.0. The number of rotatable bonds is 3. The van der Waals surface area contributed by atoms with Gasteiger partial charge in [0.15, 0.2) is 0 Å². The summed E-state index contributed by atoms with van der Waals surface area (Å²) in [6.45, 7) is 3.68. The third kappa shape index (κ3) is 2.96. The Morgan fingerprint density at radius 1 is 1.41 bits per heavy atom. The Hall–Kier alpha value is -1.13. The van der Waals surface area contributed by atoms with Crippen LogP contribution in [0.1, 0.15) is 31.4 Å². The van der Waals surface area contributed by atoms with Crippen LogP contribution in [0.2, 0.25) is 0 Å². The number of aromatic nitrogens is 1. The maximum Gasteiger partial charge on any atom is 0.128 e. The Balaban J connectivity index is 2.05. The van der Waals surface area contributed by atoms with E-state index in [9.17, 15) is 0 Å². The SMILES string of the molecule is CC(N)c1ccc(N(C)C2CCOCC2)nc1. The first-order chi connectivity index (χ1) is 8.18. The van der Waals surface area contributed by atoms with Crippen LogP contribution in [-0.4, -0.2) is 31.3 Å². The van der Waals surface area contributed by atoms with E-state index in [0.29, 0.717) is 6.04 Å². The van der Waals surface area contributed by atoms with Gasteiger partial charge in [-0.2, -0.15) is 0 Å².